The number of benzene rings is 1. The molecular weight excluding hydrogens is 418 g/mol. The van der Waals surface area contributed by atoms with Gasteiger partial charge in [0.15, 0.2) is 16.6 Å². The molecule has 2 fully saturated rings. The number of likely N-dealkylation sites (tertiary alicyclic amines) is 2. The first-order chi connectivity index (χ1) is 15.1. The van der Waals surface area contributed by atoms with E-state index in [9.17, 15) is 4.79 Å². The highest BCUT2D eigenvalue weighted by Gasteiger charge is 2.42. The maximum atomic E-state index is 12.5. The van der Waals surface area contributed by atoms with Crippen molar-refractivity contribution in [2.24, 2.45) is 5.41 Å². The van der Waals surface area contributed by atoms with E-state index >= 15 is 0 Å². The molecule has 1 aromatic heterocycles. The number of hydrogen-bond acceptors (Lipinski definition) is 7. The van der Waals surface area contributed by atoms with Gasteiger partial charge in [-0.25, -0.2) is 4.68 Å². The summed E-state index contributed by atoms with van der Waals surface area (Å²) in [6.07, 6.45) is 4.52. The van der Waals surface area contributed by atoms with Crippen molar-refractivity contribution in [1.29, 1.82) is 0 Å². The van der Waals surface area contributed by atoms with Crippen LogP contribution in [0.5, 0.6) is 11.5 Å². The quantitative estimate of drug-likeness (QED) is 0.701. The molecule has 3 aliphatic rings. The third-order valence-electron chi connectivity index (χ3n) is 6.38. The Hall–Kier alpha value is -2.95. The number of hydrogen-bond donors (Lipinski definition) is 1. The molecule has 2 aromatic rings. The molecule has 3 aliphatic heterocycles. The number of anilines is 1. The summed E-state index contributed by atoms with van der Waals surface area (Å²) in [5.41, 5.74) is 1.11. The molecule has 5 rings (SSSR count). The summed E-state index contributed by atoms with van der Waals surface area (Å²) in [6.45, 7) is 4.69. The van der Waals surface area contributed by atoms with Crippen LogP contribution in [-0.4, -0.2) is 80.4 Å². The van der Waals surface area contributed by atoms with Crippen molar-refractivity contribution in [2.45, 2.75) is 25.8 Å². The van der Waals surface area contributed by atoms with E-state index in [-0.39, 0.29) is 17.9 Å². The number of ether oxygens (including phenoxy) is 2. The second kappa shape index (κ2) is 8.29. The van der Waals surface area contributed by atoms with Crippen molar-refractivity contribution in [3.63, 3.8) is 0 Å². The zero-order valence-electron chi connectivity index (χ0n) is 17.2. The fraction of sp³-hybridized carbons (Fsp3) is 0.550. The fourth-order valence-corrected chi connectivity index (χ4v) is 4.84. The van der Waals surface area contributed by atoms with Crippen LogP contribution in [0.15, 0.2) is 24.5 Å². The van der Waals surface area contributed by atoms with Gasteiger partial charge in [0.25, 0.3) is 0 Å². The van der Waals surface area contributed by atoms with E-state index in [1.165, 1.54) is 11.0 Å². The minimum Gasteiger partial charge on any atom is -0.486 e. The Morgan fingerprint density at radius 2 is 1.84 bits per heavy atom. The van der Waals surface area contributed by atoms with Gasteiger partial charge in [-0.1, -0.05) is 0 Å². The number of rotatable bonds is 3. The van der Waals surface area contributed by atoms with Gasteiger partial charge in [0, 0.05) is 37.9 Å². The summed E-state index contributed by atoms with van der Waals surface area (Å²) in [4.78, 5) is 16.7. The molecular formula is C20H25N7O3S. The molecule has 0 saturated carbocycles. The Balaban J connectivity index is 1.14. The minimum atomic E-state index is 0.0628. The molecule has 164 valence electrons. The lowest BCUT2D eigenvalue weighted by Gasteiger charge is -2.39. The number of aromatic nitrogens is 4. The Morgan fingerprint density at radius 3 is 2.58 bits per heavy atom. The van der Waals surface area contributed by atoms with Gasteiger partial charge in [0.05, 0.1) is 0 Å². The van der Waals surface area contributed by atoms with E-state index in [1.807, 2.05) is 23.1 Å². The normalized spacial score (nSPS) is 19.5. The minimum absolute atomic E-state index is 0.0628. The summed E-state index contributed by atoms with van der Waals surface area (Å²) in [7, 11) is 0. The molecule has 31 heavy (non-hydrogen) atoms. The molecule has 0 atom stereocenters. The average Bonchev–Trinajstić information content (AvgIpc) is 3.45. The standard InChI is InChI=1S/C20H25N7O3S/c28-18(12-27-14-21-23-24-27)25-6-3-20(4-7-25)5-8-26(13-20)19(31)22-15-1-2-16-17(11-15)30-10-9-29-16/h1-2,11,14H,3-10,12-13H2,(H,22,31). The molecule has 0 radical (unpaired) electrons. The molecule has 4 heterocycles. The van der Waals surface area contributed by atoms with E-state index in [4.69, 9.17) is 21.7 Å². The Bertz CT molecular complexity index is 960. The van der Waals surface area contributed by atoms with Crippen molar-refractivity contribution < 1.29 is 14.3 Å². The zero-order chi connectivity index (χ0) is 21.3. The molecule has 0 aliphatic carbocycles. The summed E-state index contributed by atoms with van der Waals surface area (Å²) < 4.78 is 12.7. The van der Waals surface area contributed by atoms with Crippen molar-refractivity contribution in [1.82, 2.24) is 30.0 Å². The number of carbonyl (C=O) groups is 1. The van der Waals surface area contributed by atoms with Crippen molar-refractivity contribution in [3.8, 4) is 11.5 Å². The molecule has 1 aromatic carbocycles. The van der Waals surface area contributed by atoms with Gasteiger partial charge in [-0.2, -0.15) is 0 Å². The maximum absolute atomic E-state index is 12.5. The van der Waals surface area contributed by atoms with E-state index in [0.29, 0.717) is 13.2 Å². The third kappa shape index (κ3) is 4.27. The van der Waals surface area contributed by atoms with Gasteiger partial charge in [0.1, 0.15) is 26.1 Å². The van der Waals surface area contributed by atoms with Gasteiger partial charge < -0.3 is 24.6 Å². The van der Waals surface area contributed by atoms with Crippen molar-refractivity contribution in [2.75, 3.05) is 44.7 Å². The number of nitrogens with zero attached hydrogens (tertiary/aromatic N) is 6. The zero-order valence-corrected chi connectivity index (χ0v) is 18.0. The van der Waals surface area contributed by atoms with Crippen molar-refractivity contribution >= 4 is 28.9 Å². The summed E-state index contributed by atoms with van der Waals surface area (Å²) in [6, 6.07) is 5.80. The molecule has 1 amide bonds. The van der Waals surface area contributed by atoms with Crippen LogP contribution in [0.4, 0.5) is 5.69 Å². The molecule has 11 heteroatoms. The first kappa shape index (κ1) is 20.0. The molecule has 2 saturated heterocycles. The van der Waals surface area contributed by atoms with Crippen LogP contribution in [-0.2, 0) is 11.3 Å². The van der Waals surface area contributed by atoms with Crippen LogP contribution < -0.4 is 14.8 Å². The number of nitrogens with one attached hydrogen (secondary N) is 1. The number of thiocarbonyl (C=S) groups is 1. The Morgan fingerprint density at radius 1 is 1.10 bits per heavy atom. The fourth-order valence-electron chi connectivity index (χ4n) is 4.56. The second-order valence-electron chi connectivity index (χ2n) is 8.35. The van der Waals surface area contributed by atoms with E-state index in [0.717, 1.165) is 67.7 Å². The van der Waals surface area contributed by atoms with Crippen LogP contribution in [0.3, 0.4) is 0 Å². The summed E-state index contributed by atoms with van der Waals surface area (Å²) in [5.74, 6) is 1.58. The second-order valence-corrected chi connectivity index (χ2v) is 8.74. The topological polar surface area (TPSA) is 97.6 Å². The number of piperidine rings is 1. The van der Waals surface area contributed by atoms with Crippen LogP contribution in [0.2, 0.25) is 0 Å². The van der Waals surface area contributed by atoms with Crippen LogP contribution >= 0.6 is 12.2 Å². The monoisotopic (exact) mass is 443 g/mol. The lowest BCUT2D eigenvalue weighted by Crippen LogP contribution is -2.46. The molecule has 0 unspecified atom stereocenters. The molecule has 0 bridgehead atoms. The lowest BCUT2D eigenvalue weighted by molar-refractivity contribution is -0.134. The molecule has 10 nitrogen and oxygen atoms in total. The SMILES string of the molecule is O=C(Cn1cnnn1)N1CCC2(CC1)CCN(C(=S)Nc1ccc3c(c1)OCCO3)C2. The Labute approximate surface area is 185 Å². The highest BCUT2D eigenvalue weighted by Crippen LogP contribution is 2.41. The smallest absolute Gasteiger partial charge is 0.244 e. The molecule has 1 N–H and O–H groups in total. The average molecular weight is 444 g/mol. The highest BCUT2D eigenvalue weighted by atomic mass is 32.1. The Kier molecular flexibility index (Phi) is 5.34. The van der Waals surface area contributed by atoms with Crippen LogP contribution in [0, 0.1) is 5.41 Å². The van der Waals surface area contributed by atoms with Gasteiger partial charge in [-0.3, -0.25) is 4.79 Å². The molecule has 1 spiro atoms. The maximum Gasteiger partial charge on any atom is 0.244 e. The third-order valence-corrected chi connectivity index (χ3v) is 6.74. The van der Waals surface area contributed by atoms with E-state index in [2.05, 4.69) is 25.7 Å². The number of fused-ring (bicyclic) bond motifs is 1. The first-order valence-corrected chi connectivity index (χ1v) is 11.0. The van der Waals surface area contributed by atoms with E-state index < -0.39 is 0 Å². The predicted octanol–water partition coefficient (Wildman–Crippen LogP) is 1.16. The van der Waals surface area contributed by atoms with Crippen molar-refractivity contribution in [3.05, 3.63) is 24.5 Å². The number of amides is 1. The number of carbonyl (C=O) groups excluding carboxylic acids is 1. The first-order valence-electron chi connectivity index (χ1n) is 10.5. The highest BCUT2D eigenvalue weighted by molar-refractivity contribution is 7.80. The summed E-state index contributed by atoms with van der Waals surface area (Å²) >= 11 is 5.69. The van der Waals surface area contributed by atoms with Crippen LogP contribution in [0.1, 0.15) is 19.3 Å². The van der Waals surface area contributed by atoms with Gasteiger partial charge >= 0.3 is 0 Å². The summed E-state index contributed by atoms with van der Waals surface area (Å²) in [5, 5.41) is 15.0. The van der Waals surface area contributed by atoms with E-state index in [1.54, 1.807) is 0 Å². The largest absolute Gasteiger partial charge is 0.486 e. The van der Waals surface area contributed by atoms with Gasteiger partial charge in [-0.05, 0) is 59.5 Å². The van der Waals surface area contributed by atoms with Crippen LogP contribution in [0.25, 0.3) is 0 Å². The van der Waals surface area contributed by atoms with Gasteiger partial charge in [0.2, 0.25) is 5.91 Å². The van der Waals surface area contributed by atoms with Gasteiger partial charge in [-0.15, -0.1) is 5.10 Å². The predicted molar refractivity (Wildman–Crippen MR) is 116 cm³/mol. The number of tetrazole rings is 1. The lowest BCUT2D eigenvalue weighted by atomic mass is 9.78.